The molecule has 206 valence electrons. The molecule has 3 saturated carbocycles. The highest BCUT2D eigenvalue weighted by Gasteiger charge is 2.48. The first kappa shape index (κ1) is 29.6. The van der Waals surface area contributed by atoms with Gasteiger partial charge in [-0.3, -0.25) is 0 Å². The minimum absolute atomic E-state index is 0.267. The van der Waals surface area contributed by atoms with E-state index in [1.54, 1.807) is 44.8 Å². The van der Waals surface area contributed by atoms with Gasteiger partial charge in [0, 0.05) is 6.15 Å². The zero-order chi connectivity index (χ0) is 26.1. The van der Waals surface area contributed by atoms with Gasteiger partial charge in [-0.2, -0.15) is 23.8 Å². The molecule has 0 N–H and O–H groups in total. The van der Waals surface area contributed by atoms with E-state index in [1.807, 2.05) is 0 Å². The minimum atomic E-state index is -0.267. The molecule has 0 heterocycles. The van der Waals surface area contributed by atoms with Crippen LogP contribution in [-0.4, -0.2) is 6.15 Å². The summed E-state index contributed by atoms with van der Waals surface area (Å²) in [6, 6.07) is 0. The van der Waals surface area contributed by atoms with Crippen molar-refractivity contribution in [3.8, 4) is 0 Å². The zero-order valence-corrected chi connectivity index (χ0v) is 26.1. The lowest BCUT2D eigenvalue weighted by atomic mass is 9.04. The Hall–Kier alpha value is 0.0649. The summed E-state index contributed by atoms with van der Waals surface area (Å²) in [7, 11) is 0. The van der Waals surface area contributed by atoms with Crippen LogP contribution in [0.3, 0.4) is 0 Å². The molecule has 3 rings (SSSR count). The molecule has 3 aliphatic rings. The van der Waals surface area contributed by atoms with Gasteiger partial charge in [0.05, 0.1) is 0 Å². The summed E-state index contributed by atoms with van der Waals surface area (Å²) >= 11 is 0. The third-order valence-corrected chi connectivity index (χ3v) is 12.7. The fraction of sp³-hybridized carbons (Fsp3) is 1.00. The molecule has 0 radical (unpaired) electrons. The SMILES string of the molecule is CCCC[B-](C1CCC(C(C)(C)C)CC1)(C1CCC(C(C)(C)C)CC1)C1CCC(C(C)(C)C)CC1. The molecule has 0 aliphatic heterocycles. The third kappa shape index (κ3) is 6.94. The molecule has 0 aromatic rings. The van der Waals surface area contributed by atoms with Crippen LogP contribution in [0.4, 0.5) is 0 Å². The molecule has 3 fully saturated rings. The fourth-order valence-corrected chi connectivity index (χ4v) is 10.2. The molecular formula is C34H66B-. The van der Waals surface area contributed by atoms with Crippen molar-refractivity contribution in [2.45, 2.75) is 183 Å². The number of unbranched alkanes of at least 4 members (excludes halogenated alkanes) is 1. The minimum Gasteiger partial charge on any atom is -0.177 e. The van der Waals surface area contributed by atoms with Gasteiger partial charge in [0.2, 0.25) is 0 Å². The number of rotatable bonds is 6. The lowest BCUT2D eigenvalue weighted by Gasteiger charge is -2.63. The van der Waals surface area contributed by atoms with Crippen molar-refractivity contribution >= 4 is 6.15 Å². The van der Waals surface area contributed by atoms with Crippen LogP contribution in [0.2, 0.25) is 23.8 Å². The molecule has 3 aliphatic carbocycles. The van der Waals surface area contributed by atoms with Crippen molar-refractivity contribution in [2.24, 2.45) is 34.0 Å². The maximum Gasteiger partial charge on any atom is 0.0100 e. The molecule has 0 atom stereocenters. The van der Waals surface area contributed by atoms with Gasteiger partial charge < -0.3 is 0 Å². The molecule has 0 unspecified atom stereocenters. The Morgan fingerprint density at radius 3 is 0.914 bits per heavy atom. The Morgan fingerprint density at radius 2 is 0.714 bits per heavy atom. The van der Waals surface area contributed by atoms with Gasteiger partial charge in [-0.25, -0.2) is 0 Å². The topological polar surface area (TPSA) is 0 Å². The summed E-state index contributed by atoms with van der Waals surface area (Å²) in [5.41, 5.74) is 1.50. The van der Waals surface area contributed by atoms with Crippen LogP contribution in [-0.2, 0) is 0 Å². The third-order valence-electron chi connectivity index (χ3n) is 12.7. The van der Waals surface area contributed by atoms with Crippen LogP contribution in [0.5, 0.6) is 0 Å². The summed E-state index contributed by atoms with van der Waals surface area (Å²) in [6.07, 6.45) is 22.7. The number of hydrogen-bond donors (Lipinski definition) is 0. The molecule has 1 heteroatoms. The Kier molecular flexibility index (Phi) is 9.68. The van der Waals surface area contributed by atoms with Crippen LogP contribution in [0.15, 0.2) is 0 Å². The average Bonchev–Trinajstić information content (AvgIpc) is 2.79. The van der Waals surface area contributed by atoms with Gasteiger partial charge in [-0.05, 0) is 34.0 Å². The highest BCUT2D eigenvalue weighted by Crippen LogP contribution is 2.62. The van der Waals surface area contributed by atoms with Gasteiger partial charge >= 0.3 is 0 Å². The second-order valence-electron chi connectivity index (χ2n) is 17.4. The van der Waals surface area contributed by atoms with Gasteiger partial charge in [0.25, 0.3) is 0 Å². The molecule has 35 heavy (non-hydrogen) atoms. The summed E-state index contributed by atoms with van der Waals surface area (Å²) < 4.78 is 0. The van der Waals surface area contributed by atoms with Gasteiger partial charge in [0.1, 0.15) is 0 Å². The van der Waals surface area contributed by atoms with Crippen molar-refractivity contribution in [3.63, 3.8) is 0 Å². The quantitative estimate of drug-likeness (QED) is 0.328. The highest BCUT2D eigenvalue weighted by molar-refractivity contribution is 6.84. The van der Waals surface area contributed by atoms with Gasteiger partial charge in [-0.1, -0.05) is 159 Å². The summed E-state index contributed by atoms with van der Waals surface area (Å²) in [4.78, 5) is 0. The Balaban J connectivity index is 1.88. The Morgan fingerprint density at radius 1 is 0.457 bits per heavy atom. The first-order valence-corrected chi connectivity index (χ1v) is 16.4. The van der Waals surface area contributed by atoms with Crippen LogP contribution in [0.25, 0.3) is 0 Å². The highest BCUT2D eigenvalue weighted by atomic mass is 14.4. The lowest BCUT2D eigenvalue weighted by molar-refractivity contribution is 0.162. The average molecular weight is 486 g/mol. The van der Waals surface area contributed by atoms with Crippen molar-refractivity contribution in [1.29, 1.82) is 0 Å². The molecule has 0 bridgehead atoms. The van der Waals surface area contributed by atoms with Gasteiger partial charge in [-0.15, -0.1) is 0 Å². The summed E-state index contributed by atoms with van der Waals surface area (Å²) in [5, 5.41) is 0. The van der Waals surface area contributed by atoms with Crippen LogP contribution in [0.1, 0.15) is 159 Å². The fourth-order valence-electron chi connectivity index (χ4n) is 10.2. The van der Waals surface area contributed by atoms with E-state index in [2.05, 4.69) is 69.2 Å². The molecule has 0 aromatic carbocycles. The Bertz CT molecular complexity index is 533. The maximum atomic E-state index is 2.51. The molecule has 0 aromatic heterocycles. The largest absolute Gasteiger partial charge is 0.177 e. The molecule has 0 spiro atoms. The van der Waals surface area contributed by atoms with Crippen molar-refractivity contribution in [3.05, 3.63) is 0 Å². The predicted octanol–water partition coefficient (Wildman–Crippen LogP) is 12.1. The van der Waals surface area contributed by atoms with E-state index in [0.717, 1.165) is 35.2 Å². The second-order valence-corrected chi connectivity index (χ2v) is 17.4. The van der Waals surface area contributed by atoms with Crippen molar-refractivity contribution < 1.29 is 0 Å². The normalized spacial score (nSPS) is 35.5. The first-order valence-electron chi connectivity index (χ1n) is 16.4. The summed E-state index contributed by atoms with van der Waals surface area (Å²) in [5.74, 6) is 6.04. The van der Waals surface area contributed by atoms with Crippen LogP contribution >= 0.6 is 0 Å². The second kappa shape index (κ2) is 11.4. The Labute approximate surface area is 222 Å². The molecule has 0 amide bonds. The lowest BCUT2D eigenvalue weighted by Crippen LogP contribution is -2.52. The van der Waals surface area contributed by atoms with Crippen molar-refractivity contribution in [2.75, 3.05) is 0 Å². The smallest absolute Gasteiger partial charge is 0.0100 e. The van der Waals surface area contributed by atoms with Gasteiger partial charge in [0.15, 0.2) is 0 Å². The van der Waals surface area contributed by atoms with E-state index in [1.165, 1.54) is 51.4 Å². The van der Waals surface area contributed by atoms with Crippen molar-refractivity contribution in [1.82, 2.24) is 0 Å². The standard InChI is InChI=1S/C34H66B/c1-11-12-25-35(29-19-13-26(14-20-29)32(2,3)4,30-21-15-27(16-22-30)33(5,6)7)31-23-17-28(18-24-31)34(8,9)10/h26-31H,11-25H2,1-10H3/q-1. The maximum absolute atomic E-state index is 2.51. The molecule has 0 nitrogen and oxygen atoms in total. The molecular weight excluding hydrogens is 419 g/mol. The van der Waals surface area contributed by atoms with E-state index in [-0.39, 0.29) is 6.15 Å². The van der Waals surface area contributed by atoms with E-state index >= 15 is 0 Å². The predicted molar refractivity (Wildman–Crippen MR) is 161 cm³/mol. The van der Waals surface area contributed by atoms with E-state index in [0.29, 0.717) is 16.2 Å². The van der Waals surface area contributed by atoms with Crippen LogP contribution < -0.4 is 0 Å². The number of hydrogen-bond acceptors (Lipinski definition) is 0. The van der Waals surface area contributed by atoms with E-state index in [4.69, 9.17) is 0 Å². The van der Waals surface area contributed by atoms with Crippen LogP contribution in [0, 0.1) is 34.0 Å². The van der Waals surface area contributed by atoms with E-state index < -0.39 is 0 Å². The zero-order valence-electron chi connectivity index (χ0n) is 26.1. The van der Waals surface area contributed by atoms with E-state index in [9.17, 15) is 0 Å². The monoisotopic (exact) mass is 486 g/mol. The first-order chi connectivity index (χ1) is 16.2. The molecule has 0 saturated heterocycles. The summed E-state index contributed by atoms with van der Waals surface area (Å²) in [6.45, 7) is 25.0.